The van der Waals surface area contributed by atoms with E-state index >= 15 is 0 Å². The third-order valence-electron chi connectivity index (χ3n) is 11.7. The molecule has 6 rings (SSSR count). The lowest BCUT2D eigenvalue weighted by molar-refractivity contribution is -0.273. The molecule has 6 aliphatic rings. The lowest BCUT2D eigenvalue weighted by Crippen LogP contribution is -2.54. The summed E-state index contributed by atoms with van der Waals surface area (Å²) in [4.78, 5) is 12.2. The van der Waals surface area contributed by atoms with Crippen molar-refractivity contribution in [3.63, 3.8) is 0 Å². The summed E-state index contributed by atoms with van der Waals surface area (Å²) >= 11 is 0. The monoisotopic (exact) mass is 414 g/mol. The fourth-order valence-corrected chi connectivity index (χ4v) is 10.1. The fourth-order valence-electron chi connectivity index (χ4n) is 10.1. The van der Waals surface area contributed by atoms with E-state index in [0.29, 0.717) is 46.4 Å². The normalized spacial score (nSPS) is 60.1. The maximum absolute atomic E-state index is 12.2. The average Bonchev–Trinajstić information content (AvgIpc) is 3.16. The zero-order valence-corrected chi connectivity index (χ0v) is 19.6. The van der Waals surface area contributed by atoms with Gasteiger partial charge in [0, 0.05) is 25.2 Å². The van der Waals surface area contributed by atoms with Crippen LogP contribution in [0, 0.1) is 52.3 Å². The van der Waals surface area contributed by atoms with Gasteiger partial charge in [-0.2, -0.15) is 0 Å². The third-order valence-corrected chi connectivity index (χ3v) is 11.7. The molecule has 0 bridgehead atoms. The molecule has 4 saturated carbocycles. The van der Waals surface area contributed by atoms with Gasteiger partial charge < -0.3 is 9.47 Å². The van der Waals surface area contributed by atoms with E-state index in [1.807, 2.05) is 0 Å². The highest BCUT2D eigenvalue weighted by Crippen LogP contribution is 2.71. The van der Waals surface area contributed by atoms with Gasteiger partial charge in [-0.1, -0.05) is 27.7 Å². The number of hydrogen-bond donors (Lipinski definition) is 0. The zero-order chi connectivity index (χ0) is 20.9. The van der Waals surface area contributed by atoms with Crippen LogP contribution in [0.1, 0.15) is 91.9 Å². The second kappa shape index (κ2) is 6.56. The van der Waals surface area contributed by atoms with Gasteiger partial charge in [-0.25, -0.2) is 0 Å². The molecule has 4 aliphatic carbocycles. The molecule has 0 radical (unpaired) electrons. The highest BCUT2D eigenvalue weighted by atomic mass is 16.7. The van der Waals surface area contributed by atoms with Crippen LogP contribution >= 0.6 is 0 Å². The quantitative estimate of drug-likeness (QED) is 0.487. The van der Waals surface area contributed by atoms with Gasteiger partial charge in [-0.15, -0.1) is 0 Å². The van der Waals surface area contributed by atoms with Crippen molar-refractivity contribution >= 4 is 5.78 Å². The summed E-state index contributed by atoms with van der Waals surface area (Å²) in [5.41, 5.74) is 0.820. The van der Waals surface area contributed by atoms with E-state index in [9.17, 15) is 4.79 Å². The summed E-state index contributed by atoms with van der Waals surface area (Å²) in [5.74, 6) is 5.23. The van der Waals surface area contributed by atoms with Gasteiger partial charge >= 0.3 is 0 Å². The first-order chi connectivity index (χ1) is 14.3. The van der Waals surface area contributed by atoms with Gasteiger partial charge in [-0.05, 0) is 91.3 Å². The molecule has 3 nitrogen and oxygen atoms in total. The van der Waals surface area contributed by atoms with Gasteiger partial charge in [0.05, 0.1) is 12.7 Å². The number of Topliss-reactive ketones (excluding diaryl/α,β-unsaturated/α-hetero) is 1. The SMILES string of the molecule is CC1C2C(CC3C4CC[C@@H]5CC(=O)CC[C@]5(C)C4CC[C@@]32C)OC12CC[C@@H](C)CO2. The highest BCUT2D eigenvalue weighted by molar-refractivity contribution is 5.79. The Balaban J connectivity index is 1.26. The summed E-state index contributed by atoms with van der Waals surface area (Å²) < 4.78 is 13.4. The number of rotatable bonds is 0. The molecule has 2 saturated heterocycles. The van der Waals surface area contributed by atoms with Crippen LogP contribution in [0.15, 0.2) is 0 Å². The molecule has 0 N–H and O–H groups in total. The van der Waals surface area contributed by atoms with Crippen LogP contribution in [0.2, 0.25) is 0 Å². The summed E-state index contributed by atoms with van der Waals surface area (Å²) in [6, 6.07) is 0. The fraction of sp³-hybridized carbons (Fsp3) is 0.963. The Labute approximate surface area is 183 Å². The standard InChI is InChI=1S/C27H42O3/c1-16-7-12-27(29-15-16)17(2)24-23(30-27)14-22-20-6-5-18-13-19(28)8-10-25(18,3)21(20)9-11-26(22,24)4/h16-18,20-24H,5-15H2,1-4H3/t16-,17?,18-,20?,21?,22?,23?,24?,25+,26+,27?/m1/s1. The van der Waals surface area contributed by atoms with Crippen molar-refractivity contribution in [3.05, 3.63) is 0 Å². The molecule has 0 aromatic rings. The van der Waals surface area contributed by atoms with Gasteiger partial charge in [-0.3, -0.25) is 4.79 Å². The highest BCUT2D eigenvalue weighted by Gasteiger charge is 2.69. The predicted molar refractivity (Wildman–Crippen MR) is 117 cm³/mol. The Bertz CT molecular complexity index is 724. The van der Waals surface area contributed by atoms with Crippen molar-refractivity contribution in [1.82, 2.24) is 0 Å². The molecular formula is C27H42O3. The second-order valence-corrected chi connectivity index (χ2v) is 12.9. The maximum Gasteiger partial charge on any atom is 0.171 e. The van der Waals surface area contributed by atoms with E-state index in [1.165, 1.54) is 38.5 Å². The Morgan fingerprint density at radius 2 is 1.77 bits per heavy atom. The van der Waals surface area contributed by atoms with Crippen LogP contribution in [0.5, 0.6) is 0 Å². The van der Waals surface area contributed by atoms with E-state index in [-0.39, 0.29) is 5.79 Å². The van der Waals surface area contributed by atoms with E-state index in [0.717, 1.165) is 50.0 Å². The second-order valence-electron chi connectivity index (χ2n) is 12.9. The first-order valence-corrected chi connectivity index (χ1v) is 13.1. The number of ether oxygens (including phenoxy) is 2. The number of hydrogen-bond acceptors (Lipinski definition) is 3. The van der Waals surface area contributed by atoms with Gasteiger partial charge in [0.2, 0.25) is 0 Å². The largest absolute Gasteiger partial charge is 0.349 e. The van der Waals surface area contributed by atoms with Crippen LogP contribution in [0.4, 0.5) is 0 Å². The molecule has 0 aromatic carbocycles. The number of carbonyl (C=O) groups excluding carboxylic acids is 1. The van der Waals surface area contributed by atoms with Crippen molar-refractivity contribution < 1.29 is 14.3 Å². The van der Waals surface area contributed by atoms with Crippen molar-refractivity contribution in [2.75, 3.05) is 6.61 Å². The molecule has 3 heteroatoms. The minimum atomic E-state index is -0.292. The molecule has 30 heavy (non-hydrogen) atoms. The van der Waals surface area contributed by atoms with Crippen LogP contribution in [-0.4, -0.2) is 24.3 Å². The predicted octanol–water partition coefficient (Wildman–Crippen LogP) is 6.00. The van der Waals surface area contributed by atoms with Gasteiger partial charge in [0.25, 0.3) is 0 Å². The molecule has 0 amide bonds. The topological polar surface area (TPSA) is 35.5 Å². The average molecular weight is 415 g/mol. The first kappa shape index (κ1) is 20.2. The van der Waals surface area contributed by atoms with Crippen molar-refractivity contribution in [2.45, 2.75) is 104 Å². The summed E-state index contributed by atoms with van der Waals surface area (Å²) in [6.45, 7) is 10.8. The Kier molecular flexibility index (Phi) is 4.42. The molecule has 0 aromatic heterocycles. The minimum Gasteiger partial charge on any atom is -0.349 e. The minimum absolute atomic E-state index is 0.292. The van der Waals surface area contributed by atoms with E-state index in [1.54, 1.807) is 0 Å². The summed E-state index contributed by atoms with van der Waals surface area (Å²) in [6.07, 6.45) is 12.2. The molecule has 7 unspecified atom stereocenters. The van der Waals surface area contributed by atoms with E-state index in [4.69, 9.17) is 9.47 Å². The number of ketones is 1. The maximum atomic E-state index is 12.2. The van der Waals surface area contributed by atoms with Crippen molar-refractivity contribution in [3.8, 4) is 0 Å². The lowest BCUT2D eigenvalue weighted by atomic mass is 9.44. The molecule has 168 valence electrons. The zero-order valence-electron chi connectivity index (χ0n) is 19.6. The van der Waals surface area contributed by atoms with Crippen LogP contribution in [-0.2, 0) is 14.3 Å². The Hall–Kier alpha value is -0.410. The molecule has 6 fully saturated rings. The smallest absolute Gasteiger partial charge is 0.171 e. The van der Waals surface area contributed by atoms with Crippen molar-refractivity contribution in [2.24, 2.45) is 52.3 Å². The van der Waals surface area contributed by atoms with Crippen LogP contribution in [0.25, 0.3) is 0 Å². The molecule has 2 aliphatic heterocycles. The van der Waals surface area contributed by atoms with Crippen LogP contribution in [0.3, 0.4) is 0 Å². The third kappa shape index (κ3) is 2.54. The summed E-state index contributed by atoms with van der Waals surface area (Å²) in [5, 5.41) is 0. The summed E-state index contributed by atoms with van der Waals surface area (Å²) in [7, 11) is 0. The lowest BCUT2D eigenvalue weighted by Gasteiger charge is -2.60. The Morgan fingerprint density at radius 3 is 2.53 bits per heavy atom. The Morgan fingerprint density at radius 1 is 0.933 bits per heavy atom. The molecule has 11 atom stereocenters. The van der Waals surface area contributed by atoms with Crippen LogP contribution < -0.4 is 0 Å². The number of carbonyl (C=O) groups is 1. The van der Waals surface area contributed by atoms with E-state index in [2.05, 4.69) is 27.7 Å². The molecular weight excluding hydrogens is 372 g/mol. The number of fused-ring (bicyclic) bond motifs is 7. The first-order valence-electron chi connectivity index (χ1n) is 13.1. The molecule has 1 spiro atoms. The van der Waals surface area contributed by atoms with Gasteiger partial charge in [0.1, 0.15) is 5.78 Å². The van der Waals surface area contributed by atoms with Crippen molar-refractivity contribution in [1.29, 1.82) is 0 Å². The van der Waals surface area contributed by atoms with Gasteiger partial charge in [0.15, 0.2) is 5.79 Å². The molecule has 2 heterocycles. The van der Waals surface area contributed by atoms with E-state index < -0.39 is 0 Å².